The van der Waals surface area contributed by atoms with Crippen LogP contribution in [0.1, 0.15) is 33.9 Å². The summed E-state index contributed by atoms with van der Waals surface area (Å²) in [5.74, 6) is -0.0205. The zero-order valence-corrected chi connectivity index (χ0v) is 22.3. The Morgan fingerprint density at radius 3 is 2.13 bits per heavy atom. The van der Waals surface area contributed by atoms with E-state index in [1.54, 1.807) is 27.7 Å². The summed E-state index contributed by atoms with van der Waals surface area (Å²) >= 11 is 0. The Balaban J connectivity index is 2.07. The zero-order valence-electron chi connectivity index (χ0n) is 21.4. The fraction of sp³-hybridized carbons (Fsp3) is 0.700. The van der Waals surface area contributed by atoms with E-state index < -0.39 is 82.8 Å². The van der Waals surface area contributed by atoms with Crippen LogP contribution in [0.2, 0.25) is 0 Å². The molecule has 0 amide bonds. The minimum atomic E-state index is -4.61. The van der Waals surface area contributed by atoms with Crippen LogP contribution in [0.5, 0.6) is 0 Å². The molecule has 18 heteroatoms. The molecule has 1 aliphatic heterocycles. The first kappa shape index (κ1) is 31.4. The van der Waals surface area contributed by atoms with Gasteiger partial charge >= 0.3 is 25.8 Å². The molecule has 0 aliphatic carbocycles. The third kappa shape index (κ3) is 9.50. The van der Waals surface area contributed by atoms with E-state index in [0.29, 0.717) is 0 Å². The Morgan fingerprint density at radius 1 is 1.11 bits per heavy atom. The first-order chi connectivity index (χ1) is 17.8. The van der Waals surface area contributed by atoms with E-state index in [1.807, 2.05) is 0 Å². The van der Waals surface area contributed by atoms with Gasteiger partial charge in [-0.25, -0.2) is 28.0 Å². The highest BCUT2D eigenvalue weighted by Gasteiger charge is 2.46. The van der Waals surface area contributed by atoms with Gasteiger partial charge in [0.1, 0.15) is 24.1 Å². The van der Waals surface area contributed by atoms with E-state index in [1.165, 1.54) is 19.4 Å². The number of carbonyl (C=O) groups excluding carboxylic acids is 2. The summed E-state index contributed by atoms with van der Waals surface area (Å²) in [6.45, 7) is 3.83. The van der Waals surface area contributed by atoms with Crippen molar-refractivity contribution in [2.45, 2.75) is 64.4 Å². The maximum atomic E-state index is 13.1. The lowest BCUT2D eigenvalue weighted by Gasteiger charge is -2.21. The topological polar surface area (TPSA) is 215 Å². The molecular weight excluding hydrogens is 537 g/mol. The van der Waals surface area contributed by atoms with Gasteiger partial charge in [-0.1, -0.05) is 0 Å². The van der Waals surface area contributed by atoms with E-state index in [-0.39, 0.29) is 5.82 Å². The number of ether oxygens (including phenoxy) is 6. The van der Waals surface area contributed by atoms with Gasteiger partial charge < -0.3 is 39.3 Å². The number of aromatic nitrogens is 2. The van der Waals surface area contributed by atoms with Crippen LogP contribution >= 0.6 is 7.82 Å². The summed E-state index contributed by atoms with van der Waals surface area (Å²) in [7, 11) is -3.33. The van der Waals surface area contributed by atoms with Gasteiger partial charge in [-0.15, -0.1) is 0 Å². The molecule has 0 aromatic carbocycles. The lowest BCUT2D eigenvalue weighted by molar-refractivity contribution is -0.0724. The van der Waals surface area contributed by atoms with Gasteiger partial charge in [0.05, 0.1) is 18.8 Å². The second-order valence-electron chi connectivity index (χ2n) is 8.16. The summed E-state index contributed by atoms with van der Waals surface area (Å²) in [4.78, 5) is 38.9. The molecule has 0 bridgehead atoms. The largest absolute Gasteiger partial charge is 0.510 e. The Bertz CT molecular complexity index is 1000. The van der Waals surface area contributed by atoms with Crippen molar-refractivity contribution in [2.24, 2.45) is 0 Å². The van der Waals surface area contributed by atoms with Gasteiger partial charge in [-0.05, 0) is 33.8 Å². The number of nitrogens with zero attached hydrogens (tertiary/aromatic N) is 2. The standard InChI is InChI=1S/C20H32N3O14P/c1-11(2)35-19(26)30-9-33-38(28,34-10-31-20(27)36-12(3)4)32-8-13-15(24)16(29-5)17(37-13)23-7-6-14(21)22-18(23)25/h6-7,11-13,15-17,24H,8-10H2,1-5H3,(H2,21,22,25)/t13-,15-,16-,17-/m1/s1. The van der Waals surface area contributed by atoms with Gasteiger partial charge in [-0.2, -0.15) is 4.98 Å². The Labute approximate surface area is 217 Å². The molecular formula is C20H32N3O14P. The normalized spacial score (nSPS) is 21.5. The average Bonchev–Trinajstić information content (AvgIpc) is 3.11. The molecule has 216 valence electrons. The number of carbonyl (C=O) groups is 2. The number of aliphatic hydroxyl groups excluding tert-OH is 1. The van der Waals surface area contributed by atoms with Crippen LogP contribution in [0.4, 0.5) is 15.4 Å². The number of hydrogen-bond donors (Lipinski definition) is 2. The van der Waals surface area contributed by atoms with E-state index in [0.717, 1.165) is 4.57 Å². The lowest BCUT2D eigenvalue weighted by Crippen LogP contribution is -2.37. The average molecular weight is 569 g/mol. The third-order valence-corrected chi connectivity index (χ3v) is 5.86. The molecule has 38 heavy (non-hydrogen) atoms. The summed E-state index contributed by atoms with van der Waals surface area (Å²) in [6, 6.07) is 1.35. The Morgan fingerprint density at radius 2 is 1.66 bits per heavy atom. The number of nitrogens with two attached hydrogens (primary N) is 1. The van der Waals surface area contributed by atoms with E-state index in [9.17, 15) is 24.1 Å². The van der Waals surface area contributed by atoms with Crippen LogP contribution in [0.3, 0.4) is 0 Å². The van der Waals surface area contributed by atoms with Crippen LogP contribution in [0, 0.1) is 0 Å². The predicted octanol–water partition coefficient (Wildman–Crippen LogP) is 1.29. The molecule has 0 radical (unpaired) electrons. The minimum absolute atomic E-state index is 0.0205. The SMILES string of the molecule is CO[C@@H]1[C@H](O)[C@@H](COP(=O)(OCOC(=O)OC(C)C)OCOC(=O)OC(C)C)O[C@H]1n1ccc(N)nc1=O. The third-order valence-electron chi connectivity index (χ3n) is 4.55. The van der Waals surface area contributed by atoms with Gasteiger partial charge in [0, 0.05) is 13.3 Å². The Hall–Kier alpha value is -2.79. The lowest BCUT2D eigenvalue weighted by atomic mass is 10.1. The second-order valence-corrected chi connectivity index (χ2v) is 9.83. The highest BCUT2D eigenvalue weighted by atomic mass is 31.2. The smallest absolute Gasteiger partial charge is 0.432 e. The van der Waals surface area contributed by atoms with Crippen molar-refractivity contribution >= 4 is 26.0 Å². The molecule has 0 unspecified atom stereocenters. The summed E-state index contributed by atoms with van der Waals surface area (Å²) in [5, 5.41) is 10.7. The van der Waals surface area contributed by atoms with Crippen LogP contribution in [0.15, 0.2) is 17.1 Å². The highest BCUT2D eigenvalue weighted by molar-refractivity contribution is 7.48. The van der Waals surface area contributed by atoms with Crippen LogP contribution in [-0.4, -0.2) is 84.8 Å². The number of aliphatic hydroxyl groups is 1. The number of phosphoric ester groups is 1. The molecule has 1 aromatic rings. The second kappa shape index (κ2) is 14.4. The molecule has 1 fully saturated rings. The van der Waals surface area contributed by atoms with E-state index in [4.69, 9.17) is 38.3 Å². The molecule has 0 saturated carbocycles. The van der Waals surface area contributed by atoms with Crippen LogP contribution in [-0.2, 0) is 46.6 Å². The number of hydrogen-bond acceptors (Lipinski definition) is 16. The molecule has 1 aromatic heterocycles. The number of nitrogen functional groups attached to an aromatic ring is 1. The van der Waals surface area contributed by atoms with Gasteiger partial charge in [-0.3, -0.25) is 9.09 Å². The molecule has 0 spiro atoms. The molecule has 2 heterocycles. The van der Waals surface area contributed by atoms with Crippen molar-refractivity contribution < 1.29 is 61.3 Å². The fourth-order valence-electron chi connectivity index (χ4n) is 2.96. The van der Waals surface area contributed by atoms with Gasteiger partial charge in [0.2, 0.25) is 13.6 Å². The first-order valence-electron chi connectivity index (χ1n) is 11.3. The number of phosphoric acid groups is 1. The molecule has 17 nitrogen and oxygen atoms in total. The van der Waals surface area contributed by atoms with Crippen molar-refractivity contribution in [1.29, 1.82) is 0 Å². The quantitative estimate of drug-likeness (QED) is 0.194. The van der Waals surface area contributed by atoms with Crippen LogP contribution in [0.25, 0.3) is 0 Å². The summed E-state index contributed by atoms with van der Waals surface area (Å²) in [6.07, 6.45) is -6.72. The molecule has 1 saturated heterocycles. The van der Waals surface area contributed by atoms with Gasteiger partial charge in [0.15, 0.2) is 6.23 Å². The van der Waals surface area contributed by atoms with E-state index in [2.05, 4.69) is 14.5 Å². The molecule has 4 atom stereocenters. The fourth-order valence-corrected chi connectivity index (χ4v) is 3.88. The summed E-state index contributed by atoms with van der Waals surface area (Å²) < 4.78 is 59.0. The molecule has 3 N–H and O–H groups in total. The van der Waals surface area contributed by atoms with Crippen molar-refractivity contribution in [3.05, 3.63) is 22.7 Å². The minimum Gasteiger partial charge on any atom is -0.432 e. The van der Waals surface area contributed by atoms with Gasteiger partial charge in [0.25, 0.3) is 0 Å². The van der Waals surface area contributed by atoms with E-state index >= 15 is 0 Å². The van der Waals surface area contributed by atoms with Crippen molar-refractivity contribution in [2.75, 3.05) is 33.0 Å². The van der Waals surface area contributed by atoms with Crippen molar-refractivity contribution in [1.82, 2.24) is 9.55 Å². The Kier molecular flexibility index (Phi) is 11.9. The van der Waals surface area contributed by atoms with Crippen molar-refractivity contribution in [3.8, 4) is 0 Å². The number of rotatable bonds is 13. The predicted molar refractivity (Wildman–Crippen MR) is 124 cm³/mol. The summed E-state index contributed by atoms with van der Waals surface area (Å²) in [5.41, 5.74) is 4.74. The first-order valence-corrected chi connectivity index (χ1v) is 12.7. The maximum absolute atomic E-state index is 13.1. The van der Waals surface area contributed by atoms with Crippen molar-refractivity contribution in [3.63, 3.8) is 0 Å². The monoisotopic (exact) mass is 569 g/mol. The molecule has 1 aliphatic rings. The maximum Gasteiger partial charge on any atom is 0.510 e. The van der Waals surface area contributed by atoms with Crippen LogP contribution < -0.4 is 11.4 Å². The number of methoxy groups -OCH3 is 1. The molecule has 2 rings (SSSR count). The number of anilines is 1. The highest BCUT2D eigenvalue weighted by Crippen LogP contribution is 2.50. The zero-order chi connectivity index (χ0) is 28.5.